The van der Waals surface area contributed by atoms with Gasteiger partial charge in [0.05, 0.1) is 10.9 Å². The van der Waals surface area contributed by atoms with Crippen LogP contribution < -0.4 is 10.6 Å². The highest BCUT2D eigenvalue weighted by atomic mass is 35.5. The van der Waals surface area contributed by atoms with E-state index in [0.29, 0.717) is 18.2 Å². The molecule has 0 saturated heterocycles. The second-order valence-corrected chi connectivity index (χ2v) is 5.91. The van der Waals surface area contributed by atoms with Crippen LogP contribution >= 0.6 is 35.2 Å². The van der Waals surface area contributed by atoms with Gasteiger partial charge in [-0.2, -0.15) is 0 Å². The Balaban J connectivity index is 2.15. The summed E-state index contributed by atoms with van der Waals surface area (Å²) in [5.74, 6) is 0.588. The van der Waals surface area contributed by atoms with Crippen LogP contribution in [0.4, 0.5) is 5.95 Å². The predicted molar refractivity (Wildman–Crippen MR) is 79.4 cm³/mol. The highest BCUT2D eigenvalue weighted by Crippen LogP contribution is 2.23. The van der Waals surface area contributed by atoms with Gasteiger partial charge in [0.25, 0.3) is 0 Å². The summed E-state index contributed by atoms with van der Waals surface area (Å²) in [5.41, 5.74) is 6.12. The first kappa shape index (κ1) is 13.2. The van der Waals surface area contributed by atoms with E-state index in [1.54, 1.807) is 12.3 Å². The molecular weight excluding hydrogens is 288 g/mol. The monoisotopic (exact) mass is 298 g/mol. The molecule has 7 heteroatoms. The summed E-state index contributed by atoms with van der Waals surface area (Å²) in [7, 11) is 1.91. The second kappa shape index (κ2) is 5.60. The molecule has 4 nitrogen and oxygen atoms in total. The minimum Gasteiger partial charge on any atom is -0.388 e. The van der Waals surface area contributed by atoms with Gasteiger partial charge in [-0.25, -0.2) is 9.97 Å². The first-order valence-corrected chi connectivity index (χ1v) is 6.75. The molecule has 2 N–H and O–H groups in total. The molecule has 0 bridgehead atoms. The maximum absolute atomic E-state index is 5.89. The van der Waals surface area contributed by atoms with Gasteiger partial charge in [0.1, 0.15) is 10.7 Å². The van der Waals surface area contributed by atoms with Crippen LogP contribution in [0.25, 0.3) is 0 Å². The number of halogens is 1. The van der Waals surface area contributed by atoms with E-state index >= 15 is 0 Å². The van der Waals surface area contributed by atoms with Gasteiger partial charge in [0.2, 0.25) is 5.95 Å². The van der Waals surface area contributed by atoms with E-state index in [9.17, 15) is 0 Å². The molecule has 0 aliphatic heterocycles. The van der Waals surface area contributed by atoms with Crippen molar-refractivity contribution in [2.75, 3.05) is 11.9 Å². The van der Waals surface area contributed by atoms with E-state index in [0.717, 1.165) is 9.21 Å². The van der Waals surface area contributed by atoms with E-state index in [4.69, 9.17) is 29.6 Å². The Labute approximate surface area is 119 Å². The molecular formula is C11H11ClN4S2. The largest absolute Gasteiger partial charge is 0.388 e. The molecule has 0 fully saturated rings. The number of hydrogen-bond donors (Lipinski definition) is 1. The van der Waals surface area contributed by atoms with Crippen molar-refractivity contribution in [3.8, 4) is 0 Å². The standard InChI is InChI=1S/C11H11ClN4S2/c1-16(6-7-2-3-9(12)18-7)11-14-5-4-8(15-11)10(13)17/h2-5H,6H2,1H3,(H2,13,17). The number of anilines is 1. The lowest BCUT2D eigenvalue weighted by Gasteiger charge is -2.16. The Morgan fingerprint density at radius 3 is 2.89 bits per heavy atom. The van der Waals surface area contributed by atoms with Gasteiger partial charge in [-0.1, -0.05) is 23.8 Å². The van der Waals surface area contributed by atoms with Gasteiger partial charge in [-0.05, 0) is 18.2 Å². The molecule has 94 valence electrons. The van der Waals surface area contributed by atoms with E-state index in [1.165, 1.54) is 11.3 Å². The van der Waals surface area contributed by atoms with E-state index in [2.05, 4.69) is 9.97 Å². The topological polar surface area (TPSA) is 55.0 Å². The van der Waals surface area contributed by atoms with Gasteiger partial charge < -0.3 is 10.6 Å². The third-order valence-corrected chi connectivity index (χ3v) is 3.68. The summed E-state index contributed by atoms with van der Waals surface area (Å²) in [6.45, 7) is 0.693. The fraction of sp³-hybridized carbons (Fsp3) is 0.182. The third-order valence-electron chi connectivity index (χ3n) is 2.26. The van der Waals surface area contributed by atoms with Crippen LogP contribution in [-0.2, 0) is 6.54 Å². The molecule has 0 spiro atoms. The van der Waals surface area contributed by atoms with Crippen LogP contribution in [0, 0.1) is 0 Å². The smallest absolute Gasteiger partial charge is 0.226 e. The van der Waals surface area contributed by atoms with Gasteiger partial charge in [-0.15, -0.1) is 11.3 Å². The van der Waals surface area contributed by atoms with Gasteiger partial charge in [0.15, 0.2) is 0 Å². The molecule has 0 aromatic carbocycles. The zero-order chi connectivity index (χ0) is 13.1. The van der Waals surface area contributed by atoms with Crippen LogP contribution in [0.1, 0.15) is 10.6 Å². The first-order chi connectivity index (χ1) is 8.56. The van der Waals surface area contributed by atoms with Crippen LogP contribution in [0.5, 0.6) is 0 Å². The quantitative estimate of drug-likeness (QED) is 0.879. The molecule has 0 aliphatic carbocycles. The first-order valence-electron chi connectivity index (χ1n) is 5.14. The highest BCUT2D eigenvalue weighted by Gasteiger charge is 2.08. The lowest BCUT2D eigenvalue weighted by molar-refractivity contribution is 0.876. The Hall–Kier alpha value is -1.24. The zero-order valence-electron chi connectivity index (χ0n) is 9.63. The van der Waals surface area contributed by atoms with Crippen LogP contribution in [0.2, 0.25) is 4.34 Å². The van der Waals surface area contributed by atoms with E-state index in [-0.39, 0.29) is 4.99 Å². The van der Waals surface area contributed by atoms with Crippen LogP contribution in [0.3, 0.4) is 0 Å². The minimum absolute atomic E-state index is 0.270. The summed E-state index contributed by atoms with van der Waals surface area (Å²) in [6.07, 6.45) is 1.65. The normalized spacial score (nSPS) is 10.3. The number of nitrogens with zero attached hydrogens (tertiary/aromatic N) is 3. The van der Waals surface area contributed by atoms with Crippen molar-refractivity contribution in [1.29, 1.82) is 0 Å². The Bertz CT molecular complexity index is 570. The van der Waals surface area contributed by atoms with Crippen molar-refractivity contribution >= 4 is 46.1 Å². The Morgan fingerprint density at radius 1 is 1.50 bits per heavy atom. The van der Waals surface area contributed by atoms with Crippen molar-refractivity contribution in [3.05, 3.63) is 39.3 Å². The molecule has 0 atom stereocenters. The minimum atomic E-state index is 0.270. The number of thiophene rings is 1. The van der Waals surface area contributed by atoms with Crippen molar-refractivity contribution in [3.63, 3.8) is 0 Å². The lowest BCUT2D eigenvalue weighted by Crippen LogP contribution is -2.20. The molecule has 0 aliphatic rings. The zero-order valence-corrected chi connectivity index (χ0v) is 12.0. The molecule has 18 heavy (non-hydrogen) atoms. The molecule has 0 amide bonds. The van der Waals surface area contributed by atoms with E-state index in [1.807, 2.05) is 24.1 Å². The molecule has 0 unspecified atom stereocenters. The molecule has 0 radical (unpaired) electrons. The summed E-state index contributed by atoms with van der Waals surface area (Å²) < 4.78 is 0.774. The summed E-state index contributed by atoms with van der Waals surface area (Å²) in [6, 6.07) is 5.56. The van der Waals surface area contributed by atoms with E-state index < -0.39 is 0 Å². The molecule has 0 saturated carbocycles. The maximum Gasteiger partial charge on any atom is 0.226 e. The average molecular weight is 299 g/mol. The van der Waals surface area contributed by atoms with Crippen molar-refractivity contribution < 1.29 is 0 Å². The molecule has 2 aromatic heterocycles. The van der Waals surface area contributed by atoms with Crippen LogP contribution in [-0.4, -0.2) is 22.0 Å². The number of hydrogen-bond acceptors (Lipinski definition) is 5. The Morgan fingerprint density at radius 2 is 2.28 bits per heavy atom. The van der Waals surface area contributed by atoms with Crippen LogP contribution in [0.15, 0.2) is 24.4 Å². The average Bonchev–Trinajstić information content (AvgIpc) is 2.75. The third kappa shape index (κ3) is 3.16. The van der Waals surface area contributed by atoms with Gasteiger partial charge in [-0.3, -0.25) is 0 Å². The fourth-order valence-electron chi connectivity index (χ4n) is 1.41. The maximum atomic E-state index is 5.89. The fourth-order valence-corrected chi connectivity index (χ4v) is 2.67. The lowest BCUT2D eigenvalue weighted by atomic mass is 10.4. The number of nitrogens with two attached hydrogens (primary N) is 1. The Kier molecular flexibility index (Phi) is 4.11. The summed E-state index contributed by atoms with van der Waals surface area (Å²) in [5, 5.41) is 0. The predicted octanol–water partition coefficient (Wildman–Crippen LogP) is 2.46. The highest BCUT2D eigenvalue weighted by molar-refractivity contribution is 7.80. The van der Waals surface area contributed by atoms with Gasteiger partial charge >= 0.3 is 0 Å². The summed E-state index contributed by atoms with van der Waals surface area (Å²) >= 11 is 12.3. The van der Waals surface area contributed by atoms with Crippen molar-refractivity contribution in [2.24, 2.45) is 5.73 Å². The number of aromatic nitrogens is 2. The SMILES string of the molecule is CN(Cc1ccc(Cl)s1)c1nccc(C(N)=S)n1. The second-order valence-electron chi connectivity index (χ2n) is 3.67. The molecule has 2 aromatic rings. The van der Waals surface area contributed by atoms with Gasteiger partial charge in [0, 0.05) is 18.1 Å². The van der Waals surface area contributed by atoms with Crippen molar-refractivity contribution in [2.45, 2.75) is 6.54 Å². The molecule has 2 heterocycles. The molecule has 2 rings (SSSR count). The van der Waals surface area contributed by atoms with Crippen molar-refractivity contribution in [1.82, 2.24) is 9.97 Å². The summed E-state index contributed by atoms with van der Waals surface area (Å²) in [4.78, 5) is 11.8. The number of rotatable bonds is 4. The number of thiocarbonyl (C=S) groups is 1.